The summed E-state index contributed by atoms with van der Waals surface area (Å²) < 4.78 is 27.0. The van der Waals surface area contributed by atoms with Crippen LogP contribution in [0.2, 0.25) is 0 Å². The topological polar surface area (TPSA) is 58.2 Å². The fourth-order valence-electron chi connectivity index (χ4n) is 3.17. The number of anilines is 1. The third-order valence-electron chi connectivity index (χ3n) is 4.21. The minimum atomic E-state index is -3.42. The largest absolute Gasteiger partial charge is 0.381 e. The maximum absolute atomic E-state index is 12.2. The van der Waals surface area contributed by atoms with Gasteiger partial charge >= 0.3 is 0 Å². The highest BCUT2D eigenvalue weighted by atomic mass is 32.2. The first-order valence-corrected chi connectivity index (χ1v) is 8.62. The minimum absolute atomic E-state index is 0.340. The Hall–Kier alpha value is -1.33. The molecule has 0 aromatic heterocycles. The zero-order chi connectivity index (χ0) is 14.2. The molecule has 0 aliphatic heterocycles. The number of para-hydroxylation sites is 1. The van der Waals surface area contributed by atoms with Crippen molar-refractivity contribution in [2.24, 2.45) is 11.8 Å². The zero-order valence-electron chi connectivity index (χ0n) is 11.5. The number of fused-ring (bicyclic) bond motifs is 1. The second-order valence-electron chi connectivity index (χ2n) is 5.49. The van der Waals surface area contributed by atoms with Crippen LogP contribution in [-0.4, -0.2) is 21.0 Å². The lowest BCUT2D eigenvalue weighted by molar-refractivity contribution is 0.217. The number of nitrogens with one attached hydrogen (secondary N) is 2. The summed E-state index contributed by atoms with van der Waals surface area (Å²) in [6, 6.07) is 7.48. The summed E-state index contributed by atoms with van der Waals surface area (Å²) >= 11 is 0. The number of benzene rings is 1. The molecule has 0 spiro atoms. The van der Waals surface area contributed by atoms with E-state index in [1.807, 2.05) is 12.1 Å². The molecule has 2 aliphatic carbocycles. The molecule has 2 N–H and O–H groups in total. The highest BCUT2D eigenvalue weighted by molar-refractivity contribution is 7.89. The summed E-state index contributed by atoms with van der Waals surface area (Å²) in [6.07, 6.45) is 6.78. The molecule has 1 saturated carbocycles. The van der Waals surface area contributed by atoms with Gasteiger partial charge in [-0.15, -0.1) is 0 Å². The van der Waals surface area contributed by atoms with E-state index in [1.54, 1.807) is 19.1 Å². The van der Waals surface area contributed by atoms with Crippen LogP contribution in [0.5, 0.6) is 0 Å². The molecule has 4 nitrogen and oxygen atoms in total. The molecular weight excluding hydrogens is 272 g/mol. The molecule has 3 atom stereocenters. The van der Waals surface area contributed by atoms with Gasteiger partial charge in [-0.2, -0.15) is 0 Å². The summed E-state index contributed by atoms with van der Waals surface area (Å²) in [5, 5.41) is 3.41. The van der Waals surface area contributed by atoms with E-state index < -0.39 is 10.0 Å². The molecule has 0 bridgehead atoms. The van der Waals surface area contributed by atoms with Crippen LogP contribution in [0.1, 0.15) is 19.8 Å². The highest BCUT2D eigenvalue weighted by Crippen LogP contribution is 2.44. The average molecular weight is 292 g/mol. The number of hydrogen-bond donors (Lipinski definition) is 2. The first kappa shape index (κ1) is 13.6. The van der Waals surface area contributed by atoms with Crippen molar-refractivity contribution in [3.63, 3.8) is 0 Å². The molecule has 0 amide bonds. The molecule has 0 heterocycles. The maximum atomic E-state index is 12.2. The average Bonchev–Trinajstić information content (AvgIpc) is 2.78. The Morgan fingerprint density at radius 1 is 1.30 bits per heavy atom. The number of hydrogen-bond acceptors (Lipinski definition) is 3. The normalized spacial score (nSPS) is 27.9. The summed E-state index contributed by atoms with van der Waals surface area (Å²) in [4.78, 5) is 0.340. The number of allylic oxidation sites excluding steroid dienone is 1. The van der Waals surface area contributed by atoms with Gasteiger partial charge in [0.25, 0.3) is 0 Å². The monoisotopic (exact) mass is 292 g/mol. The lowest BCUT2D eigenvalue weighted by Gasteiger charge is -2.41. The van der Waals surface area contributed by atoms with Gasteiger partial charge < -0.3 is 5.32 Å². The van der Waals surface area contributed by atoms with Crippen LogP contribution in [0.25, 0.3) is 0 Å². The molecule has 0 radical (unpaired) electrons. The maximum Gasteiger partial charge on any atom is 0.242 e. The van der Waals surface area contributed by atoms with E-state index in [0.717, 1.165) is 12.3 Å². The molecule has 1 aromatic carbocycles. The van der Waals surface area contributed by atoms with Crippen molar-refractivity contribution in [1.82, 2.24) is 4.72 Å². The smallest absolute Gasteiger partial charge is 0.242 e. The van der Waals surface area contributed by atoms with Crippen molar-refractivity contribution in [2.45, 2.75) is 30.7 Å². The molecule has 108 valence electrons. The van der Waals surface area contributed by atoms with Gasteiger partial charge in [-0.05, 0) is 30.9 Å². The van der Waals surface area contributed by atoms with Gasteiger partial charge in [-0.1, -0.05) is 31.2 Å². The quantitative estimate of drug-likeness (QED) is 0.819. The second kappa shape index (κ2) is 5.22. The Morgan fingerprint density at radius 2 is 2.10 bits per heavy atom. The predicted octanol–water partition coefficient (Wildman–Crippen LogP) is 2.36. The van der Waals surface area contributed by atoms with E-state index in [0.29, 0.717) is 29.1 Å². The van der Waals surface area contributed by atoms with Gasteiger partial charge in [0.15, 0.2) is 0 Å². The lowest BCUT2D eigenvalue weighted by Crippen LogP contribution is -2.43. The van der Waals surface area contributed by atoms with Crippen molar-refractivity contribution in [2.75, 3.05) is 11.9 Å². The molecule has 3 rings (SSSR count). The third kappa shape index (κ3) is 2.36. The fourth-order valence-corrected chi connectivity index (χ4v) is 4.38. The Bertz CT molecular complexity index is 625. The molecule has 2 aliphatic rings. The standard InChI is InChI=1S/C15H20N2O2S/c1-2-16-20(18,19)15-9-4-3-8-13(15)17-14-10-11-6-5-7-12(11)14/h3-5,7-9,11-12,14,16-17H,2,6,10H2,1H3. The van der Waals surface area contributed by atoms with Gasteiger partial charge in [-0.3, -0.25) is 0 Å². The van der Waals surface area contributed by atoms with Crippen LogP contribution in [0.4, 0.5) is 5.69 Å². The van der Waals surface area contributed by atoms with Crippen LogP contribution < -0.4 is 10.0 Å². The zero-order valence-corrected chi connectivity index (χ0v) is 12.4. The lowest BCUT2D eigenvalue weighted by atomic mass is 9.71. The number of sulfonamides is 1. The van der Waals surface area contributed by atoms with Crippen molar-refractivity contribution in [1.29, 1.82) is 0 Å². The van der Waals surface area contributed by atoms with E-state index in [1.165, 1.54) is 6.42 Å². The molecule has 0 saturated heterocycles. The first-order valence-electron chi connectivity index (χ1n) is 7.13. The van der Waals surface area contributed by atoms with Crippen LogP contribution in [0, 0.1) is 11.8 Å². The van der Waals surface area contributed by atoms with Crippen LogP contribution in [0.3, 0.4) is 0 Å². The summed E-state index contributed by atoms with van der Waals surface area (Å²) in [7, 11) is -3.42. The van der Waals surface area contributed by atoms with Crippen LogP contribution in [-0.2, 0) is 10.0 Å². The molecule has 1 aromatic rings. The first-order chi connectivity index (χ1) is 9.62. The van der Waals surface area contributed by atoms with E-state index >= 15 is 0 Å². The summed E-state index contributed by atoms with van der Waals surface area (Å²) in [6.45, 7) is 2.18. The fraction of sp³-hybridized carbons (Fsp3) is 0.467. The summed E-state index contributed by atoms with van der Waals surface area (Å²) in [5.41, 5.74) is 0.706. The van der Waals surface area contributed by atoms with Crippen molar-refractivity contribution in [3.05, 3.63) is 36.4 Å². The summed E-state index contributed by atoms with van der Waals surface area (Å²) in [5.74, 6) is 1.31. The molecule has 5 heteroatoms. The van der Waals surface area contributed by atoms with Gasteiger partial charge in [0.2, 0.25) is 10.0 Å². The third-order valence-corrected chi connectivity index (χ3v) is 5.82. The van der Waals surface area contributed by atoms with Gasteiger partial charge in [0.05, 0.1) is 5.69 Å². The molecular formula is C15H20N2O2S. The van der Waals surface area contributed by atoms with Crippen molar-refractivity contribution >= 4 is 15.7 Å². The van der Waals surface area contributed by atoms with E-state index in [2.05, 4.69) is 22.2 Å². The predicted molar refractivity (Wildman–Crippen MR) is 80.1 cm³/mol. The second-order valence-corrected chi connectivity index (χ2v) is 7.22. The Labute approximate surface area is 120 Å². The van der Waals surface area contributed by atoms with E-state index in [-0.39, 0.29) is 0 Å². The SMILES string of the molecule is CCNS(=O)(=O)c1ccccc1NC1CC2CC=CC21. The van der Waals surface area contributed by atoms with Crippen LogP contribution in [0.15, 0.2) is 41.3 Å². The van der Waals surface area contributed by atoms with Crippen LogP contribution >= 0.6 is 0 Å². The Balaban J connectivity index is 1.82. The van der Waals surface area contributed by atoms with Crippen molar-refractivity contribution in [3.8, 4) is 0 Å². The highest BCUT2D eigenvalue weighted by Gasteiger charge is 2.41. The van der Waals surface area contributed by atoms with E-state index in [4.69, 9.17) is 0 Å². The van der Waals surface area contributed by atoms with Gasteiger partial charge in [0.1, 0.15) is 4.90 Å². The van der Waals surface area contributed by atoms with Gasteiger partial charge in [-0.25, -0.2) is 13.1 Å². The minimum Gasteiger partial charge on any atom is -0.381 e. The molecule has 3 unspecified atom stereocenters. The Kier molecular flexibility index (Phi) is 3.56. The van der Waals surface area contributed by atoms with E-state index in [9.17, 15) is 8.42 Å². The molecule has 1 fully saturated rings. The molecule has 20 heavy (non-hydrogen) atoms. The van der Waals surface area contributed by atoms with Gasteiger partial charge in [0, 0.05) is 18.5 Å². The Morgan fingerprint density at radius 3 is 2.85 bits per heavy atom. The van der Waals surface area contributed by atoms with Crippen molar-refractivity contribution < 1.29 is 8.42 Å². The number of rotatable bonds is 5.